The number of rotatable bonds is 4. The lowest BCUT2D eigenvalue weighted by Gasteiger charge is -2.07. The van der Waals surface area contributed by atoms with Gasteiger partial charge in [-0.1, -0.05) is 13.8 Å². The fraction of sp³-hybridized carbons (Fsp3) is 0.417. The monoisotopic (exact) mass is 227 g/mol. The van der Waals surface area contributed by atoms with E-state index in [2.05, 4.69) is 5.32 Å². The maximum absolute atomic E-state index is 13.1. The Balaban J connectivity index is 2.59. The number of nitrogens with one attached hydrogen (secondary N) is 1. The summed E-state index contributed by atoms with van der Waals surface area (Å²) in [4.78, 5) is 11.4. The molecular formula is C12H15F2NO. The van der Waals surface area contributed by atoms with E-state index in [0.29, 0.717) is 12.3 Å². The molecule has 1 N–H and O–H groups in total. The van der Waals surface area contributed by atoms with Crippen LogP contribution in [0.4, 0.5) is 14.5 Å². The Kier molecular flexibility index (Phi) is 4.40. The summed E-state index contributed by atoms with van der Waals surface area (Å²) in [6, 6.07) is 2.98. The van der Waals surface area contributed by atoms with Crippen molar-refractivity contribution < 1.29 is 13.6 Å². The first-order valence-corrected chi connectivity index (χ1v) is 5.24. The molecule has 0 aromatic heterocycles. The number of anilines is 1. The van der Waals surface area contributed by atoms with Crippen molar-refractivity contribution in [2.45, 2.75) is 26.7 Å². The van der Waals surface area contributed by atoms with Crippen molar-refractivity contribution in [2.75, 3.05) is 5.32 Å². The Morgan fingerprint density at radius 1 is 1.38 bits per heavy atom. The Hall–Kier alpha value is -1.45. The molecule has 0 saturated heterocycles. The second kappa shape index (κ2) is 5.58. The fourth-order valence-corrected chi connectivity index (χ4v) is 1.23. The number of hydrogen-bond acceptors (Lipinski definition) is 1. The summed E-state index contributed by atoms with van der Waals surface area (Å²) in [7, 11) is 0. The largest absolute Gasteiger partial charge is 0.324 e. The fourth-order valence-electron chi connectivity index (χ4n) is 1.23. The van der Waals surface area contributed by atoms with E-state index in [1.165, 1.54) is 0 Å². The maximum Gasteiger partial charge on any atom is 0.224 e. The minimum atomic E-state index is -0.626. The average molecular weight is 227 g/mol. The van der Waals surface area contributed by atoms with Crippen molar-refractivity contribution in [3.8, 4) is 0 Å². The van der Waals surface area contributed by atoms with Gasteiger partial charge in [0.05, 0.1) is 5.69 Å². The first-order chi connectivity index (χ1) is 7.49. The third kappa shape index (κ3) is 3.96. The van der Waals surface area contributed by atoms with Crippen molar-refractivity contribution in [3.63, 3.8) is 0 Å². The molecule has 2 nitrogen and oxygen atoms in total. The molecule has 0 spiro atoms. The zero-order valence-corrected chi connectivity index (χ0v) is 9.39. The molecule has 1 rings (SSSR count). The van der Waals surface area contributed by atoms with E-state index < -0.39 is 11.6 Å². The van der Waals surface area contributed by atoms with Gasteiger partial charge in [0.15, 0.2) is 0 Å². The molecule has 16 heavy (non-hydrogen) atoms. The van der Waals surface area contributed by atoms with Crippen LogP contribution in [0.1, 0.15) is 26.7 Å². The highest BCUT2D eigenvalue weighted by atomic mass is 19.1. The van der Waals surface area contributed by atoms with E-state index in [4.69, 9.17) is 0 Å². The molecular weight excluding hydrogens is 212 g/mol. The van der Waals surface area contributed by atoms with Gasteiger partial charge in [0, 0.05) is 12.5 Å². The predicted molar refractivity (Wildman–Crippen MR) is 59.1 cm³/mol. The Morgan fingerprint density at radius 3 is 2.69 bits per heavy atom. The molecule has 0 aliphatic carbocycles. The van der Waals surface area contributed by atoms with E-state index in [1.807, 2.05) is 13.8 Å². The topological polar surface area (TPSA) is 29.1 Å². The lowest BCUT2D eigenvalue weighted by molar-refractivity contribution is -0.116. The highest BCUT2D eigenvalue weighted by molar-refractivity contribution is 5.90. The Morgan fingerprint density at radius 2 is 2.06 bits per heavy atom. The average Bonchev–Trinajstić information content (AvgIpc) is 2.20. The molecule has 0 aliphatic rings. The maximum atomic E-state index is 13.1. The standard InChI is InChI=1S/C12H15F2NO/c1-8(2)3-6-12(16)15-11-7-9(13)4-5-10(11)14/h4-5,7-8H,3,6H2,1-2H3,(H,15,16). The molecule has 0 unspecified atom stereocenters. The van der Waals surface area contributed by atoms with Gasteiger partial charge in [-0.25, -0.2) is 8.78 Å². The summed E-state index contributed by atoms with van der Waals surface area (Å²) in [6.45, 7) is 3.99. The quantitative estimate of drug-likeness (QED) is 0.839. The molecule has 1 amide bonds. The summed E-state index contributed by atoms with van der Waals surface area (Å²) >= 11 is 0. The van der Waals surface area contributed by atoms with Crippen LogP contribution in [0.15, 0.2) is 18.2 Å². The lowest BCUT2D eigenvalue weighted by atomic mass is 10.1. The smallest absolute Gasteiger partial charge is 0.224 e. The zero-order valence-electron chi connectivity index (χ0n) is 9.39. The summed E-state index contributed by atoms with van der Waals surface area (Å²) in [5, 5.41) is 2.35. The molecule has 0 atom stereocenters. The summed E-state index contributed by atoms with van der Waals surface area (Å²) in [6.07, 6.45) is 1.04. The molecule has 4 heteroatoms. The van der Waals surface area contributed by atoms with Crippen molar-refractivity contribution in [3.05, 3.63) is 29.8 Å². The number of hydrogen-bond donors (Lipinski definition) is 1. The van der Waals surface area contributed by atoms with Gasteiger partial charge < -0.3 is 5.32 Å². The van der Waals surface area contributed by atoms with Gasteiger partial charge in [0.25, 0.3) is 0 Å². The van der Waals surface area contributed by atoms with Gasteiger partial charge in [-0.05, 0) is 24.5 Å². The third-order valence-electron chi connectivity index (χ3n) is 2.15. The predicted octanol–water partition coefficient (Wildman–Crippen LogP) is 3.34. The van der Waals surface area contributed by atoms with Crippen LogP contribution >= 0.6 is 0 Å². The minimum absolute atomic E-state index is 0.103. The highest BCUT2D eigenvalue weighted by Crippen LogP contribution is 2.16. The molecule has 0 aliphatic heterocycles. The van der Waals surface area contributed by atoms with Gasteiger partial charge in [-0.3, -0.25) is 4.79 Å². The van der Waals surface area contributed by atoms with Crippen LogP contribution in [-0.2, 0) is 4.79 Å². The number of carbonyl (C=O) groups excluding carboxylic acids is 1. The molecule has 0 heterocycles. The van der Waals surface area contributed by atoms with Crippen LogP contribution in [0, 0.1) is 17.6 Å². The van der Waals surface area contributed by atoms with Gasteiger partial charge >= 0.3 is 0 Å². The van der Waals surface area contributed by atoms with Gasteiger partial charge in [0.1, 0.15) is 11.6 Å². The van der Waals surface area contributed by atoms with E-state index in [-0.39, 0.29) is 11.6 Å². The molecule has 0 bridgehead atoms. The second-order valence-corrected chi connectivity index (χ2v) is 4.10. The summed E-state index contributed by atoms with van der Waals surface area (Å²) < 4.78 is 25.9. The summed E-state index contributed by atoms with van der Waals surface area (Å²) in [5.41, 5.74) is -0.103. The van der Waals surface area contributed by atoms with Crippen LogP contribution in [0.2, 0.25) is 0 Å². The molecule has 1 aromatic rings. The molecule has 0 saturated carbocycles. The second-order valence-electron chi connectivity index (χ2n) is 4.10. The van der Waals surface area contributed by atoms with Crippen molar-refractivity contribution >= 4 is 11.6 Å². The number of carbonyl (C=O) groups is 1. The van der Waals surface area contributed by atoms with Gasteiger partial charge in [-0.2, -0.15) is 0 Å². The molecule has 0 radical (unpaired) electrons. The number of halogens is 2. The van der Waals surface area contributed by atoms with Crippen molar-refractivity contribution in [1.29, 1.82) is 0 Å². The van der Waals surface area contributed by atoms with Gasteiger partial charge in [-0.15, -0.1) is 0 Å². The number of amides is 1. The first kappa shape index (κ1) is 12.6. The first-order valence-electron chi connectivity index (χ1n) is 5.24. The minimum Gasteiger partial charge on any atom is -0.324 e. The van der Waals surface area contributed by atoms with Crippen molar-refractivity contribution in [2.24, 2.45) is 5.92 Å². The lowest BCUT2D eigenvalue weighted by Crippen LogP contribution is -2.13. The van der Waals surface area contributed by atoms with E-state index >= 15 is 0 Å². The Bertz CT molecular complexity index is 377. The van der Waals surface area contributed by atoms with Crippen molar-refractivity contribution in [1.82, 2.24) is 0 Å². The molecule has 0 fully saturated rings. The third-order valence-corrected chi connectivity index (χ3v) is 2.15. The zero-order chi connectivity index (χ0) is 12.1. The Labute approximate surface area is 93.7 Å². The molecule has 1 aromatic carbocycles. The number of benzene rings is 1. The van der Waals surface area contributed by atoms with E-state index in [0.717, 1.165) is 24.6 Å². The van der Waals surface area contributed by atoms with Crippen LogP contribution in [0.5, 0.6) is 0 Å². The normalized spacial score (nSPS) is 10.6. The van der Waals surface area contributed by atoms with Gasteiger partial charge in [0.2, 0.25) is 5.91 Å². The molecule has 88 valence electrons. The van der Waals surface area contributed by atoms with E-state index in [1.54, 1.807) is 0 Å². The van der Waals surface area contributed by atoms with Crippen LogP contribution < -0.4 is 5.32 Å². The van der Waals surface area contributed by atoms with Crippen LogP contribution in [0.25, 0.3) is 0 Å². The highest BCUT2D eigenvalue weighted by Gasteiger charge is 2.08. The van der Waals surface area contributed by atoms with E-state index in [9.17, 15) is 13.6 Å². The SMILES string of the molecule is CC(C)CCC(=O)Nc1cc(F)ccc1F. The van der Waals surface area contributed by atoms with Crippen LogP contribution in [0.3, 0.4) is 0 Å². The van der Waals surface area contributed by atoms with Crippen LogP contribution in [-0.4, -0.2) is 5.91 Å². The summed E-state index contributed by atoms with van der Waals surface area (Å²) in [5.74, 6) is -1.08.